The van der Waals surface area contributed by atoms with E-state index in [0.29, 0.717) is 12.2 Å². The van der Waals surface area contributed by atoms with Crippen molar-refractivity contribution >= 4 is 63.8 Å². The summed E-state index contributed by atoms with van der Waals surface area (Å²) < 4.78 is 8.69. The predicted octanol–water partition coefficient (Wildman–Crippen LogP) is 6.25. The van der Waals surface area contributed by atoms with Crippen molar-refractivity contribution in [3.63, 3.8) is 0 Å². The molecule has 1 fully saturated rings. The van der Waals surface area contributed by atoms with Crippen LogP contribution < -0.4 is 10.6 Å². The number of benzene rings is 2. The van der Waals surface area contributed by atoms with Gasteiger partial charge in [0.05, 0.1) is 4.24 Å². The van der Waals surface area contributed by atoms with E-state index in [4.69, 9.17) is 4.74 Å². The Labute approximate surface area is 234 Å². The molecule has 9 heteroatoms. The molecule has 0 unspecified atom stereocenters. The van der Waals surface area contributed by atoms with Gasteiger partial charge in [-0.25, -0.2) is 4.31 Å². The van der Waals surface area contributed by atoms with Gasteiger partial charge in [-0.05, 0) is 56.3 Å². The van der Waals surface area contributed by atoms with Crippen molar-refractivity contribution in [2.45, 2.75) is 26.2 Å². The Bertz CT molecular complexity index is 1170. The Balaban J connectivity index is 1.62. The van der Waals surface area contributed by atoms with Gasteiger partial charge in [-0.1, -0.05) is 30.9 Å². The molecule has 7 nitrogen and oxygen atoms in total. The zero-order valence-corrected chi connectivity index (χ0v) is 24.1. The first-order valence-corrected chi connectivity index (χ1v) is 14.6. The van der Waals surface area contributed by atoms with Gasteiger partial charge in [-0.2, -0.15) is 0 Å². The molecule has 3 rings (SSSR count). The number of amides is 1. The first-order chi connectivity index (χ1) is 18.5. The molecule has 1 aliphatic rings. The molecule has 0 spiro atoms. The molecule has 1 aliphatic heterocycles. The molecule has 1 heterocycles. The number of nitrogens with zero attached hydrogens (tertiary/aromatic N) is 2. The summed E-state index contributed by atoms with van der Waals surface area (Å²) in [6, 6.07) is 9.47. The molecular formula is C29H38N4O3S2. The third-order valence-electron chi connectivity index (χ3n) is 6.46. The zero-order chi connectivity index (χ0) is 27.3. The van der Waals surface area contributed by atoms with Crippen molar-refractivity contribution in [3.8, 4) is 0 Å². The second-order valence-corrected chi connectivity index (χ2v) is 11.3. The number of hydrogen-bond donors (Lipinski definition) is 2. The van der Waals surface area contributed by atoms with Crippen LogP contribution in [0, 0.1) is 5.92 Å². The Morgan fingerprint density at radius 1 is 1.24 bits per heavy atom. The van der Waals surface area contributed by atoms with Crippen LogP contribution in [-0.2, 0) is 9.53 Å². The Hall–Kier alpha value is -2.59. The van der Waals surface area contributed by atoms with Gasteiger partial charge in [0, 0.05) is 85.5 Å². The summed E-state index contributed by atoms with van der Waals surface area (Å²) in [4.78, 5) is 29.3. The Kier molecular flexibility index (Phi) is 12.4. The van der Waals surface area contributed by atoms with Crippen molar-refractivity contribution in [3.05, 3.63) is 58.9 Å². The molecule has 1 amide bonds. The number of methoxy groups -OCH3 is 1. The molecule has 2 N–H and O–H groups in total. The van der Waals surface area contributed by atoms with Gasteiger partial charge in [0.15, 0.2) is 6.29 Å². The monoisotopic (exact) mass is 554 g/mol. The van der Waals surface area contributed by atoms with Crippen LogP contribution in [0.2, 0.25) is 0 Å². The van der Waals surface area contributed by atoms with Gasteiger partial charge in [0.25, 0.3) is 0 Å². The van der Waals surface area contributed by atoms with Crippen LogP contribution >= 0.6 is 23.7 Å². The Morgan fingerprint density at radius 2 is 2.00 bits per heavy atom. The molecule has 204 valence electrons. The van der Waals surface area contributed by atoms with E-state index < -0.39 is 0 Å². The Morgan fingerprint density at radius 3 is 2.66 bits per heavy atom. The first kappa shape index (κ1) is 30.0. The van der Waals surface area contributed by atoms with Crippen molar-refractivity contribution in [2.24, 2.45) is 10.9 Å². The highest BCUT2D eigenvalue weighted by Crippen LogP contribution is 2.36. The van der Waals surface area contributed by atoms with Crippen molar-refractivity contribution in [2.75, 3.05) is 56.8 Å². The maximum Gasteiger partial charge on any atom is 0.227 e. The summed E-state index contributed by atoms with van der Waals surface area (Å²) in [6.07, 6.45) is 7.24. The highest BCUT2D eigenvalue weighted by molar-refractivity contribution is 8.21. The van der Waals surface area contributed by atoms with Crippen LogP contribution in [0.3, 0.4) is 0 Å². The SMILES string of the molecule is C=C/C(CS/C(=C\C)SN1CCC(C(=O)Nc2ccc(NCCCOC)c3c(C=O)cccc23)CC1)=N\C. The van der Waals surface area contributed by atoms with Crippen LogP contribution in [-0.4, -0.2) is 68.4 Å². The molecule has 0 aromatic heterocycles. The van der Waals surface area contributed by atoms with E-state index in [-0.39, 0.29) is 11.8 Å². The summed E-state index contributed by atoms with van der Waals surface area (Å²) in [6.45, 7) is 8.94. The van der Waals surface area contributed by atoms with Gasteiger partial charge in [0.1, 0.15) is 0 Å². The number of carbonyl (C=O) groups excluding carboxylic acids is 2. The lowest BCUT2D eigenvalue weighted by molar-refractivity contribution is -0.120. The number of thioether (sulfide) groups is 1. The largest absolute Gasteiger partial charge is 0.385 e. The highest BCUT2D eigenvalue weighted by atomic mass is 32.2. The van der Waals surface area contributed by atoms with E-state index in [1.807, 2.05) is 31.2 Å². The van der Waals surface area contributed by atoms with Crippen molar-refractivity contribution < 1.29 is 14.3 Å². The lowest BCUT2D eigenvalue weighted by atomic mass is 9.96. The standard InChI is InChI=1S/C29H38N4O3S2/c1-5-23(30-3)20-37-27(6-2)38-33-16-13-21(14-17-33)29(35)32-25-11-12-26(31-15-8-18-36-4)28-22(19-34)9-7-10-24(25)28/h5-7,9-12,19,21,31H,1,8,13-18,20H2,2-4H3,(H,32,35)/b27-6+,30-23+. The van der Waals surface area contributed by atoms with Crippen LogP contribution in [0.5, 0.6) is 0 Å². The fraction of sp³-hybridized carbons (Fsp3) is 0.414. The summed E-state index contributed by atoms with van der Waals surface area (Å²) in [5, 5.41) is 8.25. The number of ether oxygens (including phenoxy) is 1. The number of rotatable bonds is 14. The van der Waals surface area contributed by atoms with E-state index in [1.165, 1.54) is 4.24 Å². The van der Waals surface area contributed by atoms with Gasteiger partial charge in [0.2, 0.25) is 5.91 Å². The summed E-state index contributed by atoms with van der Waals surface area (Å²) in [5.74, 6) is 0.778. The van der Waals surface area contributed by atoms with Crippen LogP contribution in [0.25, 0.3) is 10.8 Å². The average Bonchev–Trinajstić information content (AvgIpc) is 2.95. The van der Waals surface area contributed by atoms with Gasteiger partial charge >= 0.3 is 0 Å². The average molecular weight is 555 g/mol. The molecule has 0 atom stereocenters. The minimum Gasteiger partial charge on any atom is -0.385 e. The molecule has 1 saturated heterocycles. The third-order valence-corrected chi connectivity index (χ3v) is 9.04. The van der Waals surface area contributed by atoms with E-state index in [9.17, 15) is 9.59 Å². The highest BCUT2D eigenvalue weighted by Gasteiger charge is 2.26. The van der Waals surface area contributed by atoms with Crippen LogP contribution in [0.1, 0.15) is 36.5 Å². The van der Waals surface area contributed by atoms with Crippen molar-refractivity contribution in [1.29, 1.82) is 0 Å². The number of anilines is 2. The molecular weight excluding hydrogens is 516 g/mol. The minimum absolute atomic E-state index is 0.0312. The van der Waals surface area contributed by atoms with Crippen LogP contribution in [0.4, 0.5) is 11.4 Å². The second-order valence-electron chi connectivity index (χ2n) is 8.92. The summed E-state index contributed by atoms with van der Waals surface area (Å²) in [7, 11) is 3.47. The molecule has 2 aromatic rings. The molecule has 0 saturated carbocycles. The van der Waals surface area contributed by atoms with E-state index >= 15 is 0 Å². The van der Waals surface area contributed by atoms with Gasteiger partial charge in [-0.3, -0.25) is 14.6 Å². The number of piperidine rings is 1. The number of carbonyl (C=O) groups is 2. The fourth-order valence-electron chi connectivity index (χ4n) is 4.32. The number of allylic oxidation sites excluding steroid dienone is 2. The molecule has 0 radical (unpaired) electrons. The lowest BCUT2D eigenvalue weighted by Crippen LogP contribution is -2.34. The second kappa shape index (κ2) is 15.7. The number of nitrogens with one attached hydrogen (secondary N) is 2. The van der Waals surface area contributed by atoms with Crippen LogP contribution in [0.15, 0.2) is 58.3 Å². The molecule has 38 heavy (non-hydrogen) atoms. The lowest BCUT2D eigenvalue weighted by Gasteiger charge is -2.30. The molecule has 0 bridgehead atoms. The topological polar surface area (TPSA) is 83.0 Å². The van der Waals surface area contributed by atoms with Gasteiger partial charge in [-0.15, -0.1) is 11.8 Å². The van der Waals surface area contributed by atoms with Gasteiger partial charge < -0.3 is 15.4 Å². The minimum atomic E-state index is -0.0516. The maximum atomic E-state index is 13.2. The number of aliphatic imine (C=N–C) groups is 1. The molecule has 2 aromatic carbocycles. The van der Waals surface area contributed by atoms with Crippen molar-refractivity contribution in [1.82, 2.24) is 4.31 Å². The van der Waals surface area contributed by atoms with E-state index in [1.54, 1.807) is 50.0 Å². The third kappa shape index (κ3) is 8.20. The number of fused-ring (bicyclic) bond motifs is 1. The zero-order valence-electron chi connectivity index (χ0n) is 22.5. The quantitative estimate of drug-likeness (QED) is 0.124. The molecule has 0 aliphatic carbocycles. The normalized spacial score (nSPS) is 15.4. The maximum absolute atomic E-state index is 13.2. The fourth-order valence-corrected chi connectivity index (χ4v) is 6.48. The summed E-state index contributed by atoms with van der Waals surface area (Å²) in [5.41, 5.74) is 3.19. The smallest absolute Gasteiger partial charge is 0.227 e. The number of aldehydes is 1. The summed E-state index contributed by atoms with van der Waals surface area (Å²) >= 11 is 3.51. The number of hydrogen-bond acceptors (Lipinski definition) is 8. The predicted molar refractivity (Wildman–Crippen MR) is 165 cm³/mol. The van der Waals surface area contributed by atoms with E-state index in [2.05, 4.69) is 32.6 Å². The first-order valence-electron chi connectivity index (χ1n) is 12.9. The van der Waals surface area contributed by atoms with E-state index in [0.717, 1.165) is 78.8 Å².